The summed E-state index contributed by atoms with van der Waals surface area (Å²) in [5.41, 5.74) is 2.17. The van der Waals surface area contributed by atoms with Crippen LogP contribution in [0.1, 0.15) is 32.1 Å². The van der Waals surface area contributed by atoms with Crippen molar-refractivity contribution in [1.82, 2.24) is 5.32 Å². The van der Waals surface area contributed by atoms with Crippen LogP contribution in [-0.2, 0) is 6.54 Å². The van der Waals surface area contributed by atoms with Crippen LogP contribution < -0.4 is 5.32 Å². The average molecular weight is 314 g/mol. The zero-order valence-corrected chi connectivity index (χ0v) is 13.9. The summed E-state index contributed by atoms with van der Waals surface area (Å²) in [6.07, 6.45) is 0. The maximum Gasteiger partial charge on any atom is 0.134 e. The molecule has 2 nitrogen and oxygen atoms in total. The lowest BCUT2D eigenvalue weighted by molar-refractivity contribution is 0.391. The molecule has 0 aliphatic rings. The Morgan fingerprint density at radius 2 is 1.85 bits per heavy atom. The summed E-state index contributed by atoms with van der Waals surface area (Å²) in [6, 6.07) is 9.97. The number of hydrogen-bond acceptors (Lipinski definition) is 2. The van der Waals surface area contributed by atoms with Gasteiger partial charge in [-0.05, 0) is 51.5 Å². The minimum Gasteiger partial charge on any atom is -0.460 e. The van der Waals surface area contributed by atoms with Crippen LogP contribution >= 0.6 is 24.0 Å². The molecule has 1 N–H and O–H groups in total. The first-order valence-electron chi connectivity index (χ1n) is 6.45. The fraction of sp³-hybridized carbons (Fsp3) is 0.375. The van der Waals surface area contributed by atoms with Gasteiger partial charge >= 0.3 is 0 Å². The van der Waals surface area contributed by atoms with Gasteiger partial charge in [-0.3, -0.25) is 0 Å². The number of halogens is 2. The second-order valence-electron chi connectivity index (χ2n) is 5.83. The molecule has 20 heavy (non-hydrogen) atoms. The molecule has 0 saturated heterocycles. The lowest BCUT2D eigenvalue weighted by Gasteiger charge is -2.19. The topological polar surface area (TPSA) is 25.2 Å². The Hall–Kier alpha value is -0.960. The van der Waals surface area contributed by atoms with Crippen LogP contribution in [0, 0.1) is 6.92 Å². The summed E-state index contributed by atoms with van der Waals surface area (Å²) in [7, 11) is 0. The lowest BCUT2D eigenvalue weighted by atomic mass is 10.1. The molecule has 0 aliphatic carbocycles. The largest absolute Gasteiger partial charge is 0.460 e. The molecule has 0 atom stereocenters. The zero-order chi connectivity index (χ0) is 14.0. The molecule has 1 heterocycles. The van der Waals surface area contributed by atoms with Crippen LogP contribution in [0.5, 0.6) is 0 Å². The highest BCUT2D eigenvalue weighted by atomic mass is 35.5. The third-order valence-electron chi connectivity index (χ3n) is 2.91. The van der Waals surface area contributed by atoms with Gasteiger partial charge in [0.1, 0.15) is 11.5 Å². The number of aryl methyl sites for hydroxylation is 1. The Labute approximate surface area is 131 Å². The SMILES string of the molecule is Cc1ccc(-c2ccc(CNC(C)(C)C)o2)cc1Cl.Cl. The second kappa shape index (κ2) is 6.66. The van der Waals surface area contributed by atoms with Gasteiger partial charge in [0.25, 0.3) is 0 Å². The minimum absolute atomic E-state index is 0. The molecule has 0 saturated carbocycles. The summed E-state index contributed by atoms with van der Waals surface area (Å²) >= 11 is 6.14. The van der Waals surface area contributed by atoms with Crippen molar-refractivity contribution in [1.29, 1.82) is 0 Å². The maximum absolute atomic E-state index is 6.14. The molecular formula is C16H21Cl2NO. The van der Waals surface area contributed by atoms with Crippen LogP contribution in [0.2, 0.25) is 5.02 Å². The molecule has 0 aliphatic heterocycles. The number of hydrogen-bond donors (Lipinski definition) is 1. The first-order chi connectivity index (χ1) is 8.85. The van der Waals surface area contributed by atoms with Crippen LogP contribution in [0.25, 0.3) is 11.3 Å². The van der Waals surface area contributed by atoms with Crippen molar-refractivity contribution in [2.45, 2.75) is 39.8 Å². The van der Waals surface area contributed by atoms with E-state index in [1.807, 2.05) is 37.3 Å². The molecule has 0 unspecified atom stereocenters. The van der Waals surface area contributed by atoms with Crippen molar-refractivity contribution in [2.24, 2.45) is 0 Å². The van der Waals surface area contributed by atoms with Crippen molar-refractivity contribution < 1.29 is 4.42 Å². The zero-order valence-electron chi connectivity index (χ0n) is 12.3. The molecule has 0 bridgehead atoms. The number of furan rings is 1. The number of benzene rings is 1. The molecule has 4 heteroatoms. The minimum atomic E-state index is 0. The van der Waals surface area contributed by atoms with E-state index >= 15 is 0 Å². The average Bonchev–Trinajstić information content (AvgIpc) is 2.78. The summed E-state index contributed by atoms with van der Waals surface area (Å²) in [4.78, 5) is 0. The van der Waals surface area contributed by atoms with E-state index in [1.54, 1.807) is 0 Å². The third kappa shape index (κ3) is 4.55. The van der Waals surface area contributed by atoms with Crippen LogP contribution in [0.4, 0.5) is 0 Å². The van der Waals surface area contributed by atoms with Gasteiger partial charge in [0.15, 0.2) is 0 Å². The van der Waals surface area contributed by atoms with Gasteiger partial charge in [0.2, 0.25) is 0 Å². The van der Waals surface area contributed by atoms with Crippen molar-refractivity contribution in [2.75, 3.05) is 0 Å². The van der Waals surface area contributed by atoms with E-state index in [-0.39, 0.29) is 17.9 Å². The van der Waals surface area contributed by atoms with Crippen LogP contribution in [0.15, 0.2) is 34.7 Å². The highest BCUT2D eigenvalue weighted by Gasteiger charge is 2.11. The van der Waals surface area contributed by atoms with E-state index < -0.39 is 0 Å². The van der Waals surface area contributed by atoms with E-state index in [0.717, 1.165) is 34.2 Å². The van der Waals surface area contributed by atoms with Gasteiger partial charge in [0.05, 0.1) is 6.54 Å². The van der Waals surface area contributed by atoms with Crippen molar-refractivity contribution >= 4 is 24.0 Å². The van der Waals surface area contributed by atoms with E-state index in [2.05, 4.69) is 26.1 Å². The highest BCUT2D eigenvalue weighted by molar-refractivity contribution is 6.31. The Morgan fingerprint density at radius 3 is 2.45 bits per heavy atom. The molecule has 0 spiro atoms. The first-order valence-corrected chi connectivity index (χ1v) is 6.83. The maximum atomic E-state index is 6.14. The van der Waals surface area contributed by atoms with E-state index in [0.29, 0.717) is 0 Å². The molecule has 2 aromatic rings. The summed E-state index contributed by atoms with van der Waals surface area (Å²) < 4.78 is 5.84. The highest BCUT2D eigenvalue weighted by Crippen LogP contribution is 2.27. The molecule has 0 amide bonds. The lowest BCUT2D eigenvalue weighted by Crippen LogP contribution is -2.34. The Balaban J connectivity index is 0.00000200. The Kier molecular flexibility index (Phi) is 5.69. The molecule has 0 radical (unpaired) electrons. The first kappa shape index (κ1) is 17.1. The van der Waals surface area contributed by atoms with Gasteiger partial charge in [0, 0.05) is 16.1 Å². The van der Waals surface area contributed by atoms with Gasteiger partial charge in [-0.15, -0.1) is 12.4 Å². The van der Waals surface area contributed by atoms with Crippen molar-refractivity contribution in [3.8, 4) is 11.3 Å². The van der Waals surface area contributed by atoms with Gasteiger partial charge in [-0.1, -0.05) is 23.7 Å². The van der Waals surface area contributed by atoms with Crippen molar-refractivity contribution in [3.05, 3.63) is 46.7 Å². The smallest absolute Gasteiger partial charge is 0.134 e. The number of rotatable bonds is 3. The summed E-state index contributed by atoms with van der Waals surface area (Å²) in [5.74, 6) is 1.79. The van der Waals surface area contributed by atoms with E-state index in [4.69, 9.17) is 16.0 Å². The predicted molar refractivity (Wildman–Crippen MR) is 87.7 cm³/mol. The normalized spacial score (nSPS) is 11.2. The Morgan fingerprint density at radius 1 is 1.15 bits per heavy atom. The fourth-order valence-corrected chi connectivity index (χ4v) is 1.91. The summed E-state index contributed by atoms with van der Waals surface area (Å²) in [6.45, 7) is 9.12. The van der Waals surface area contributed by atoms with Crippen molar-refractivity contribution in [3.63, 3.8) is 0 Å². The predicted octanol–water partition coefficient (Wildman–Crippen LogP) is 5.22. The fourth-order valence-electron chi connectivity index (χ4n) is 1.73. The monoisotopic (exact) mass is 313 g/mol. The molecule has 0 fully saturated rings. The standard InChI is InChI=1S/C16H20ClNO.ClH/c1-11-5-6-12(9-14(11)17)15-8-7-13(19-15)10-18-16(2,3)4;/h5-9,18H,10H2,1-4H3;1H. The van der Waals surface area contributed by atoms with Crippen LogP contribution in [0.3, 0.4) is 0 Å². The number of nitrogens with one attached hydrogen (secondary N) is 1. The molecule has 110 valence electrons. The quantitative estimate of drug-likeness (QED) is 0.840. The molecule has 2 rings (SSSR count). The molecule has 1 aromatic carbocycles. The Bertz CT molecular complexity index is 570. The van der Waals surface area contributed by atoms with Gasteiger partial charge < -0.3 is 9.73 Å². The third-order valence-corrected chi connectivity index (χ3v) is 3.32. The van der Waals surface area contributed by atoms with Gasteiger partial charge in [-0.25, -0.2) is 0 Å². The van der Waals surface area contributed by atoms with Crippen LogP contribution in [-0.4, -0.2) is 5.54 Å². The molecule has 1 aromatic heterocycles. The second-order valence-corrected chi connectivity index (χ2v) is 6.24. The molecular weight excluding hydrogens is 293 g/mol. The van der Waals surface area contributed by atoms with E-state index in [9.17, 15) is 0 Å². The van der Waals surface area contributed by atoms with Gasteiger partial charge in [-0.2, -0.15) is 0 Å². The van der Waals surface area contributed by atoms with E-state index in [1.165, 1.54) is 0 Å². The summed E-state index contributed by atoms with van der Waals surface area (Å²) in [5, 5.41) is 4.17.